The van der Waals surface area contributed by atoms with E-state index in [4.69, 9.17) is 4.74 Å². The van der Waals surface area contributed by atoms with E-state index in [-0.39, 0.29) is 70.6 Å². The van der Waals surface area contributed by atoms with Gasteiger partial charge in [-0.15, -0.1) is 0 Å². The van der Waals surface area contributed by atoms with Crippen LogP contribution in [0.15, 0.2) is 12.2 Å². The van der Waals surface area contributed by atoms with Gasteiger partial charge in [0.2, 0.25) is 70.9 Å². The summed E-state index contributed by atoms with van der Waals surface area (Å²) >= 11 is 0. The highest BCUT2D eigenvalue weighted by Crippen LogP contribution is 2.50. The Hall–Kier alpha value is -7.01. The Morgan fingerprint density at radius 2 is 1.30 bits per heavy atom. The quantitative estimate of drug-likeness (QED) is 0.122. The number of rotatable bonds is 14. The molecule has 7 aliphatic rings. The Labute approximate surface area is 629 Å². The molecule has 25 nitrogen and oxygen atoms in total. The normalized spacial score (nSPS) is 32.4. The second-order valence-electron chi connectivity index (χ2n) is 33.2. The van der Waals surface area contributed by atoms with Crippen LogP contribution in [-0.2, 0) is 62.3 Å². The van der Waals surface area contributed by atoms with Crippen molar-refractivity contribution in [1.29, 1.82) is 0 Å². The fraction of sp³-hybridized carbons (Fsp3) is 0.818. The van der Waals surface area contributed by atoms with Crippen LogP contribution in [0.4, 0.5) is 22.0 Å². The van der Waals surface area contributed by atoms with E-state index in [1.54, 1.807) is 19.9 Å². The molecular formula is C77H123F5N12O13. The maximum atomic E-state index is 15.8. The van der Waals surface area contributed by atoms with Crippen LogP contribution in [-0.4, -0.2) is 283 Å². The maximum Gasteiger partial charge on any atom is 0.397 e. The zero-order valence-electron chi connectivity index (χ0n) is 66.0. The summed E-state index contributed by atoms with van der Waals surface area (Å²) in [4.78, 5) is 193. The fourth-order valence-electron chi connectivity index (χ4n) is 17.8. The SMILES string of the molecule is CCCC[C@H]1C(=O)N[C@@H]([C@@H](C)CC)C(=O)N(C)CC(=O)N(C)[C@H]2C/C=C\CCN(C2=O)[C@@H](CC2CCC(C)CC2)C(=O)N(C)CC(=O)N[C@@H](CCC2CC(F)C(C(F)(F)F)C(F)C2)C(=O)N2C[C@H](OCC)C[C@H]2C(=O)NC2(CC(C)(C)C2)C(=O)N(C)[C@@H](C2CCCC2)C(=O)N(C)[C@H](C(=O)N(C)C)CC(=O)N1C. The smallest absolute Gasteiger partial charge is 0.377 e. The van der Waals surface area contributed by atoms with Crippen molar-refractivity contribution >= 4 is 70.9 Å². The van der Waals surface area contributed by atoms with Crippen molar-refractivity contribution in [3.8, 4) is 0 Å². The van der Waals surface area contributed by atoms with E-state index in [1.165, 1.54) is 85.8 Å². The molecule has 3 heterocycles. The summed E-state index contributed by atoms with van der Waals surface area (Å²) in [5, 5.41) is 8.67. The first kappa shape index (κ1) is 87.2. The number of carbonyl (C=O) groups is 12. The molecule has 12 atom stereocenters. The van der Waals surface area contributed by atoms with E-state index in [9.17, 15) is 41.9 Å². The lowest BCUT2D eigenvalue weighted by Gasteiger charge is -2.54. The Bertz CT molecular complexity index is 3180. The van der Waals surface area contributed by atoms with Gasteiger partial charge >= 0.3 is 6.18 Å². The molecule has 4 aliphatic carbocycles. The van der Waals surface area contributed by atoms with E-state index < -0.39 is 217 Å². The number of hydrogen-bond donors (Lipinski definition) is 3. The average molecular weight is 1520 g/mol. The highest BCUT2D eigenvalue weighted by Gasteiger charge is 2.60. The molecule has 107 heavy (non-hydrogen) atoms. The molecule has 1 spiro atoms. The number of carbonyl (C=O) groups excluding carboxylic acids is 12. The molecule has 30 heteroatoms. The van der Waals surface area contributed by atoms with Gasteiger partial charge in [-0.3, -0.25) is 57.5 Å². The zero-order chi connectivity index (χ0) is 79.5. The Morgan fingerprint density at radius 3 is 1.88 bits per heavy atom. The summed E-state index contributed by atoms with van der Waals surface area (Å²) in [6.07, 6.45) is -2.71. The van der Waals surface area contributed by atoms with Gasteiger partial charge in [0.25, 0.3) is 0 Å². The molecule has 2 saturated heterocycles. The van der Waals surface area contributed by atoms with Crippen molar-refractivity contribution in [2.45, 2.75) is 275 Å². The lowest BCUT2D eigenvalue weighted by atomic mass is 9.58. The van der Waals surface area contributed by atoms with Gasteiger partial charge in [0.05, 0.1) is 25.6 Å². The van der Waals surface area contributed by atoms with Crippen LogP contribution in [0.3, 0.4) is 0 Å². The topological polar surface area (TPSA) is 279 Å². The van der Waals surface area contributed by atoms with Crippen LogP contribution in [0.1, 0.15) is 196 Å². The second kappa shape index (κ2) is 37.6. The third-order valence-electron chi connectivity index (χ3n) is 24.2. The second-order valence-corrected chi connectivity index (χ2v) is 33.2. The maximum absolute atomic E-state index is 15.8. The number of amides is 12. The van der Waals surface area contributed by atoms with E-state index in [1.807, 2.05) is 33.8 Å². The van der Waals surface area contributed by atoms with E-state index in [2.05, 4.69) is 22.9 Å². The fourth-order valence-corrected chi connectivity index (χ4v) is 17.8. The summed E-state index contributed by atoms with van der Waals surface area (Å²) < 4.78 is 79.1. The predicted molar refractivity (Wildman–Crippen MR) is 390 cm³/mol. The van der Waals surface area contributed by atoms with Crippen molar-refractivity contribution in [3.05, 3.63) is 12.2 Å². The van der Waals surface area contributed by atoms with Gasteiger partial charge in [0.15, 0.2) is 0 Å². The first-order chi connectivity index (χ1) is 50.2. The molecule has 2 unspecified atom stereocenters. The number of nitrogens with one attached hydrogen (secondary N) is 3. The molecule has 2 bridgehead atoms. The minimum absolute atomic E-state index is 0.0143. The number of alkyl halides is 5. The third-order valence-corrected chi connectivity index (χ3v) is 24.2. The number of unbranched alkanes of at least 4 members (excludes halogenated alkanes) is 1. The first-order valence-corrected chi connectivity index (χ1v) is 39.1. The summed E-state index contributed by atoms with van der Waals surface area (Å²) in [6.45, 7) is 11.7. The molecule has 0 radical (unpaired) electrons. The molecule has 4 saturated carbocycles. The molecule has 3 N–H and O–H groups in total. The van der Waals surface area contributed by atoms with Crippen LogP contribution in [0.5, 0.6) is 0 Å². The molecule has 0 aromatic heterocycles. The van der Waals surface area contributed by atoms with Gasteiger partial charge in [0, 0.05) is 82.5 Å². The largest absolute Gasteiger partial charge is 0.397 e. The van der Waals surface area contributed by atoms with Gasteiger partial charge in [-0.25, -0.2) is 8.78 Å². The Morgan fingerprint density at radius 1 is 0.673 bits per heavy atom. The number of nitrogens with zero attached hydrogens (tertiary/aromatic N) is 9. The van der Waals surface area contributed by atoms with Crippen molar-refractivity contribution in [2.24, 2.45) is 40.9 Å². The zero-order valence-corrected chi connectivity index (χ0v) is 66.0. The Kier molecular flexibility index (Phi) is 30.7. The van der Waals surface area contributed by atoms with Crippen molar-refractivity contribution in [3.63, 3.8) is 0 Å². The number of likely N-dealkylation sites (N-methyl/N-ethyl adjacent to an activating group) is 7. The molecule has 0 aromatic carbocycles. The van der Waals surface area contributed by atoms with Crippen LogP contribution < -0.4 is 16.0 Å². The highest BCUT2D eigenvalue weighted by molar-refractivity contribution is 6.01. The molecule has 3 aliphatic heterocycles. The number of fused-ring (bicyclic) bond motifs is 3. The van der Waals surface area contributed by atoms with Crippen LogP contribution in [0.2, 0.25) is 0 Å². The number of halogens is 5. The summed E-state index contributed by atoms with van der Waals surface area (Å²) in [5.41, 5.74) is -2.28. The minimum Gasteiger partial charge on any atom is -0.377 e. The first-order valence-electron chi connectivity index (χ1n) is 39.1. The summed E-state index contributed by atoms with van der Waals surface area (Å²) in [7, 11) is 11.4. The van der Waals surface area contributed by atoms with E-state index in [0.29, 0.717) is 57.3 Å². The summed E-state index contributed by atoms with van der Waals surface area (Å²) in [6, 6.07) is -10.6. The van der Waals surface area contributed by atoms with E-state index in [0.717, 1.165) is 40.4 Å². The van der Waals surface area contributed by atoms with Gasteiger partial charge in [-0.1, -0.05) is 111 Å². The highest BCUT2D eigenvalue weighted by atomic mass is 19.4. The predicted octanol–water partition coefficient (Wildman–Crippen LogP) is 6.59. The van der Waals surface area contributed by atoms with Gasteiger partial charge < -0.3 is 64.8 Å². The summed E-state index contributed by atoms with van der Waals surface area (Å²) in [5.74, 6) is -13.0. The Balaban J connectivity index is 1.33. The molecule has 0 aromatic rings. The average Bonchev–Trinajstić information content (AvgIpc) is 1.47. The number of ether oxygens (including phenoxy) is 1. The van der Waals surface area contributed by atoms with Crippen LogP contribution in [0, 0.1) is 40.9 Å². The lowest BCUT2D eigenvalue weighted by Crippen LogP contribution is -2.71. The monoisotopic (exact) mass is 1520 g/mol. The van der Waals surface area contributed by atoms with E-state index >= 15 is 37.5 Å². The van der Waals surface area contributed by atoms with Crippen LogP contribution in [0.25, 0.3) is 0 Å². The van der Waals surface area contributed by atoms with Gasteiger partial charge in [-0.05, 0) is 119 Å². The molecule has 604 valence electrons. The minimum atomic E-state index is -5.18. The van der Waals surface area contributed by atoms with Crippen molar-refractivity contribution in [1.82, 2.24) is 60.0 Å². The van der Waals surface area contributed by atoms with Crippen molar-refractivity contribution < 1.29 is 84.2 Å². The van der Waals surface area contributed by atoms with Crippen LogP contribution >= 0.6 is 0 Å². The van der Waals surface area contributed by atoms with Crippen molar-refractivity contribution in [2.75, 3.05) is 89.2 Å². The third kappa shape index (κ3) is 21.3. The molecular weight excluding hydrogens is 1400 g/mol. The number of hydrogen-bond acceptors (Lipinski definition) is 13. The standard InChI is InChI=1S/C77H123F5N12O13/c1-16-19-27-55-66(98)84-64(47(5)17-2)72(104)88(11)43-62(97)90(13)56-28-21-20-24-35-93(71(56)103)59(38-48-31-29-46(4)30-32-48)70(102)87(10)42-60(95)83-54(34-33-49-36-52(78)63(53(79)37-49)77(80,81)82)68(100)94-41-51(107-18-3)39-57(94)67(99)85-76(44-75(6,7)45-76)74(106)92(15)65(50-25-22-23-26-50)73(105)91(14)58(69(101)86(8)9)40-61(96)89(55)12/h20-21,46-59,63-65H,16-19,22-45H2,1-15H3,(H,83,95)(H,84,98)(H,85,99)/b21-20-/t46?,47-,48?,49?,51+,52?,53?,54-,55-,56-,57-,58-,59-,63?,64-,65-/m0/s1. The molecule has 7 rings (SSSR count). The lowest BCUT2D eigenvalue weighted by molar-refractivity contribution is -0.219. The van der Waals surface area contributed by atoms with Gasteiger partial charge in [0.1, 0.15) is 72.1 Å². The molecule has 12 amide bonds. The molecule has 6 fully saturated rings. The van der Waals surface area contributed by atoms with Gasteiger partial charge in [-0.2, -0.15) is 13.2 Å².